The molecule has 102 valence electrons. The highest BCUT2D eigenvalue weighted by atomic mass is 32.2. The fraction of sp³-hybridized carbons (Fsp3) is 0.429. The van der Waals surface area contributed by atoms with E-state index in [9.17, 15) is 4.21 Å². The van der Waals surface area contributed by atoms with E-state index in [1.807, 2.05) is 12.1 Å². The highest BCUT2D eigenvalue weighted by molar-refractivity contribution is 7.90. The fourth-order valence-corrected chi connectivity index (χ4v) is 4.86. The van der Waals surface area contributed by atoms with Crippen LogP contribution < -0.4 is 5.32 Å². The smallest absolute Gasteiger partial charge is 0.122 e. The highest BCUT2D eigenvalue weighted by Gasteiger charge is 2.44. The van der Waals surface area contributed by atoms with Crippen LogP contribution in [0.3, 0.4) is 0 Å². The maximum atomic E-state index is 12.7. The van der Waals surface area contributed by atoms with Gasteiger partial charge in [-0.05, 0) is 24.5 Å². The van der Waals surface area contributed by atoms with Crippen molar-refractivity contribution in [2.24, 2.45) is 0 Å². The summed E-state index contributed by atoms with van der Waals surface area (Å²) >= 11 is 5.53. The quantitative estimate of drug-likeness (QED) is 0.683. The van der Waals surface area contributed by atoms with Gasteiger partial charge in [-0.2, -0.15) is 0 Å². The van der Waals surface area contributed by atoms with Crippen molar-refractivity contribution in [2.45, 2.75) is 24.0 Å². The second-order valence-corrected chi connectivity index (χ2v) is 6.78. The highest BCUT2D eigenvalue weighted by Crippen LogP contribution is 2.38. The van der Waals surface area contributed by atoms with E-state index in [1.165, 1.54) is 0 Å². The first-order valence-electron chi connectivity index (χ1n) is 6.40. The summed E-state index contributed by atoms with van der Waals surface area (Å²) in [7, 11) is -0.999. The van der Waals surface area contributed by atoms with Gasteiger partial charge in [-0.1, -0.05) is 30.8 Å². The monoisotopic (exact) mass is 294 g/mol. The minimum atomic E-state index is -0.999. The summed E-state index contributed by atoms with van der Waals surface area (Å²) in [5.74, 6) is 0.699. The summed E-state index contributed by atoms with van der Waals surface area (Å²) in [5, 5.41) is 3.16. The Morgan fingerprint density at radius 1 is 1.63 bits per heavy atom. The summed E-state index contributed by atoms with van der Waals surface area (Å²) in [6.45, 7) is 4.28. The third kappa shape index (κ3) is 2.77. The van der Waals surface area contributed by atoms with Gasteiger partial charge in [-0.25, -0.2) is 0 Å². The second kappa shape index (κ2) is 6.39. The molecule has 1 aromatic heterocycles. The molecule has 3 nitrogen and oxygen atoms in total. The molecule has 1 aromatic rings. The zero-order chi connectivity index (χ0) is 13.7. The lowest BCUT2D eigenvalue weighted by Gasteiger charge is -2.37. The Morgan fingerprint density at radius 3 is 3.11 bits per heavy atom. The first kappa shape index (κ1) is 14.3. The standard InChI is InChI=1S/C14H18N2OS2/c1-2-8-16-13(18)14(7-3-4-10-19(14)17)12-6-5-9-15-11-12/h2,5-6,9,11H,1,3-4,7-8,10H2,(H,16,18)/t14-,19?/m1/s1. The van der Waals surface area contributed by atoms with Gasteiger partial charge in [0.25, 0.3) is 0 Å². The van der Waals surface area contributed by atoms with Crippen molar-refractivity contribution in [3.05, 3.63) is 42.7 Å². The van der Waals surface area contributed by atoms with Crippen molar-refractivity contribution < 1.29 is 4.21 Å². The summed E-state index contributed by atoms with van der Waals surface area (Å²) in [6, 6.07) is 3.84. The molecule has 1 aliphatic heterocycles. The minimum absolute atomic E-state index is 0.579. The molecule has 0 saturated carbocycles. The molecular weight excluding hydrogens is 276 g/mol. The van der Waals surface area contributed by atoms with Crippen molar-refractivity contribution in [3.63, 3.8) is 0 Å². The number of nitrogens with zero attached hydrogens (tertiary/aromatic N) is 1. The topological polar surface area (TPSA) is 42.0 Å². The van der Waals surface area contributed by atoms with Crippen molar-refractivity contribution in [1.29, 1.82) is 0 Å². The summed E-state index contributed by atoms with van der Waals surface area (Å²) in [6.07, 6.45) is 8.12. The molecule has 1 aliphatic rings. The lowest BCUT2D eigenvalue weighted by molar-refractivity contribution is 0.572. The van der Waals surface area contributed by atoms with Crippen LogP contribution in [0.4, 0.5) is 0 Å². The van der Waals surface area contributed by atoms with Crippen LogP contribution in [0.2, 0.25) is 0 Å². The van der Waals surface area contributed by atoms with E-state index in [1.54, 1.807) is 18.5 Å². The number of hydrogen-bond acceptors (Lipinski definition) is 3. The number of pyridine rings is 1. The molecule has 0 aliphatic carbocycles. The third-order valence-electron chi connectivity index (χ3n) is 3.40. The van der Waals surface area contributed by atoms with Gasteiger partial charge in [0, 0.05) is 35.5 Å². The van der Waals surface area contributed by atoms with Gasteiger partial charge in [0.2, 0.25) is 0 Å². The molecule has 0 amide bonds. The summed E-state index contributed by atoms with van der Waals surface area (Å²) in [4.78, 5) is 4.81. The predicted octanol–water partition coefficient (Wildman–Crippen LogP) is 2.31. The Morgan fingerprint density at radius 2 is 2.47 bits per heavy atom. The lowest BCUT2D eigenvalue weighted by Crippen LogP contribution is -2.49. The normalized spacial score (nSPS) is 26.6. The van der Waals surface area contributed by atoms with E-state index >= 15 is 0 Å². The van der Waals surface area contributed by atoms with Gasteiger partial charge in [-0.3, -0.25) is 9.19 Å². The molecule has 19 heavy (non-hydrogen) atoms. The van der Waals surface area contributed by atoms with Gasteiger partial charge >= 0.3 is 0 Å². The molecule has 1 fully saturated rings. The van der Waals surface area contributed by atoms with E-state index < -0.39 is 15.5 Å². The molecule has 2 heterocycles. The van der Waals surface area contributed by atoms with Gasteiger partial charge in [0.15, 0.2) is 0 Å². The van der Waals surface area contributed by atoms with Gasteiger partial charge in [0.05, 0.1) is 4.99 Å². The van der Waals surface area contributed by atoms with Crippen LogP contribution in [0.25, 0.3) is 0 Å². The zero-order valence-electron chi connectivity index (χ0n) is 10.8. The summed E-state index contributed by atoms with van der Waals surface area (Å²) in [5.41, 5.74) is 0.953. The Labute approximate surface area is 122 Å². The van der Waals surface area contributed by atoms with Crippen LogP contribution in [-0.2, 0) is 15.5 Å². The van der Waals surface area contributed by atoms with Gasteiger partial charge in [-0.15, -0.1) is 6.58 Å². The first-order valence-corrected chi connectivity index (χ1v) is 8.12. The number of hydrogen-bond donors (Lipinski definition) is 1. The van der Waals surface area contributed by atoms with Crippen molar-refractivity contribution in [2.75, 3.05) is 12.3 Å². The maximum absolute atomic E-state index is 12.7. The van der Waals surface area contributed by atoms with E-state index in [0.717, 1.165) is 24.8 Å². The zero-order valence-corrected chi connectivity index (χ0v) is 12.4. The molecule has 1 N–H and O–H groups in total. The van der Waals surface area contributed by atoms with Crippen molar-refractivity contribution >= 4 is 28.0 Å². The van der Waals surface area contributed by atoms with Crippen LogP contribution in [0, 0.1) is 0 Å². The van der Waals surface area contributed by atoms with Gasteiger partial charge < -0.3 is 5.32 Å². The largest absolute Gasteiger partial charge is 0.375 e. The minimum Gasteiger partial charge on any atom is -0.375 e. The number of nitrogens with one attached hydrogen (secondary N) is 1. The Bertz CT molecular complexity index is 489. The molecule has 5 heteroatoms. The second-order valence-electron chi connectivity index (χ2n) is 4.57. The molecule has 0 bridgehead atoms. The molecule has 2 rings (SSSR count). The van der Waals surface area contributed by atoms with Crippen LogP contribution in [0.15, 0.2) is 37.2 Å². The number of aromatic nitrogens is 1. The van der Waals surface area contributed by atoms with Crippen LogP contribution in [0.5, 0.6) is 0 Å². The third-order valence-corrected chi connectivity index (χ3v) is 6.10. The van der Waals surface area contributed by atoms with Crippen molar-refractivity contribution in [3.8, 4) is 0 Å². The first-order chi connectivity index (χ1) is 9.21. The van der Waals surface area contributed by atoms with Crippen LogP contribution in [0.1, 0.15) is 24.8 Å². The van der Waals surface area contributed by atoms with Crippen LogP contribution in [-0.4, -0.2) is 26.5 Å². The molecule has 0 aromatic carbocycles. The SMILES string of the molecule is C=CCNC(=S)[C@]1(c2cccnc2)CCCCS1=O. The number of thiocarbonyl (C=S) groups is 1. The van der Waals surface area contributed by atoms with Crippen molar-refractivity contribution in [1.82, 2.24) is 10.3 Å². The Kier molecular flexibility index (Phi) is 4.82. The van der Waals surface area contributed by atoms with E-state index in [0.29, 0.717) is 17.3 Å². The molecule has 1 unspecified atom stereocenters. The fourth-order valence-electron chi connectivity index (χ4n) is 2.43. The number of rotatable bonds is 4. The maximum Gasteiger partial charge on any atom is 0.122 e. The summed E-state index contributed by atoms with van der Waals surface area (Å²) < 4.78 is 12.1. The van der Waals surface area contributed by atoms with Gasteiger partial charge in [0.1, 0.15) is 4.75 Å². The molecule has 1 saturated heterocycles. The molecule has 2 atom stereocenters. The lowest BCUT2D eigenvalue weighted by atomic mass is 9.92. The van der Waals surface area contributed by atoms with E-state index in [4.69, 9.17) is 12.2 Å². The van der Waals surface area contributed by atoms with E-state index in [2.05, 4.69) is 16.9 Å². The predicted molar refractivity (Wildman–Crippen MR) is 83.6 cm³/mol. The average Bonchev–Trinajstić information content (AvgIpc) is 2.46. The average molecular weight is 294 g/mol. The van der Waals surface area contributed by atoms with Crippen LogP contribution >= 0.6 is 12.2 Å². The Balaban J connectivity index is 2.40. The molecule has 0 spiro atoms. The Hall–Kier alpha value is -1.07. The molecule has 0 radical (unpaired) electrons. The molecular formula is C14H18N2OS2. The van der Waals surface area contributed by atoms with E-state index in [-0.39, 0.29) is 0 Å².